The summed E-state index contributed by atoms with van der Waals surface area (Å²) in [5.41, 5.74) is 0.874. The maximum Gasteiger partial charge on any atom is 0.319 e. The van der Waals surface area contributed by atoms with Gasteiger partial charge in [0.15, 0.2) is 5.15 Å². The number of benzene rings is 1. The van der Waals surface area contributed by atoms with E-state index in [4.69, 9.17) is 11.6 Å². The Balaban J connectivity index is 1.96. The molecule has 2 amide bonds. The van der Waals surface area contributed by atoms with Crippen LogP contribution in [0.3, 0.4) is 0 Å². The molecule has 2 atom stereocenters. The summed E-state index contributed by atoms with van der Waals surface area (Å²) in [6, 6.07) is 7.57. The molecule has 0 aliphatic carbocycles. The van der Waals surface area contributed by atoms with Crippen molar-refractivity contribution in [2.45, 2.75) is 19.1 Å². The lowest BCUT2D eigenvalue weighted by molar-refractivity contribution is 0.139. The molecule has 2 unspecified atom stereocenters. The summed E-state index contributed by atoms with van der Waals surface area (Å²) in [5.74, 6) is -0.388. The first-order chi connectivity index (χ1) is 10.5. The average Bonchev–Trinajstić information content (AvgIpc) is 2.49. The van der Waals surface area contributed by atoms with Crippen LogP contribution in [0, 0.1) is 5.82 Å². The zero-order valence-electron chi connectivity index (χ0n) is 11.8. The molecule has 0 fully saturated rings. The van der Waals surface area contributed by atoms with Crippen molar-refractivity contribution in [1.82, 2.24) is 10.3 Å². The van der Waals surface area contributed by atoms with E-state index in [-0.39, 0.29) is 11.0 Å². The number of aliphatic hydroxyl groups is 1. The minimum Gasteiger partial charge on any atom is -0.386 e. The van der Waals surface area contributed by atoms with Gasteiger partial charge in [0.05, 0.1) is 17.8 Å². The Morgan fingerprint density at radius 1 is 1.32 bits per heavy atom. The first kappa shape index (κ1) is 16.2. The highest BCUT2D eigenvalue weighted by molar-refractivity contribution is 6.32. The molecular formula is C15H15ClFN3O2. The van der Waals surface area contributed by atoms with E-state index in [0.29, 0.717) is 11.3 Å². The molecule has 0 spiro atoms. The molecule has 116 valence electrons. The van der Waals surface area contributed by atoms with Gasteiger partial charge in [-0.15, -0.1) is 0 Å². The summed E-state index contributed by atoms with van der Waals surface area (Å²) >= 11 is 5.84. The molecule has 0 saturated heterocycles. The number of halogens is 2. The van der Waals surface area contributed by atoms with Crippen molar-refractivity contribution < 1.29 is 14.3 Å². The van der Waals surface area contributed by atoms with E-state index in [1.165, 1.54) is 30.5 Å². The molecule has 1 aromatic carbocycles. The van der Waals surface area contributed by atoms with Crippen LogP contribution in [0.2, 0.25) is 5.15 Å². The molecule has 22 heavy (non-hydrogen) atoms. The third kappa shape index (κ3) is 4.16. The van der Waals surface area contributed by atoms with Gasteiger partial charge in [-0.3, -0.25) is 0 Å². The highest BCUT2D eigenvalue weighted by Gasteiger charge is 2.19. The lowest BCUT2D eigenvalue weighted by Gasteiger charge is -2.21. The molecule has 0 aliphatic rings. The molecule has 1 aromatic heterocycles. The fourth-order valence-electron chi connectivity index (χ4n) is 1.87. The number of nitrogens with one attached hydrogen (secondary N) is 2. The number of aromatic nitrogens is 1. The van der Waals surface area contributed by atoms with Crippen LogP contribution in [-0.2, 0) is 0 Å². The monoisotopic (exact) mass is 323 g/mol. The van der Waals surface area contributed by atoms with Crippen LogP contribution in [0.1, 0.15) is 18.6 Å². The number of anilines is 1. The standard InChI is InChI=1S/C15H15ClFN3O2/c1-9(13(21)10-4-6-11(17)7-5-10)19-15(22)20-12-3-2-8-18-14(12)16/h2-9,13,21H,1H3,(H2,19,20,22). The summed E-state index contributed by atoms with van der Waals surface area (Å²) in [6.07, 6.45) is 0.544. The summed E-state index contributed by atoms with van der Waals surface area (Å²) in [5, 5.41) is 15.4. The van der Waals surface area contributed by atoms with E-state index in [2.05, 4.69) is 15.6 Å². The Bertz CT molecular complexity index is 651. The molecule has 0 radical (unpaired) electrons. The third-order valence-corrected chi connectivity index (χ3v) is 3.35. The quantitative estimate of drug-likeness (QED) is 0.757. The second-order valence-electron chi connectivity index (χ2n) is 4.73. The van der Waals surface area contributed by atoms with Crippen molar-refractivity contribution in [3.8, 4) is 0 Å². The predicted molar refractivity (Wildman–Crippen MR) is 82.2 cm³/mol. The van der Waals surface area contributed by atoms with Gasteiger partial charge in [-0.2, -0.15) is 0 Å². The number of urea groups is 1. The van der Waals surface area contributed by atoms with E-state index in [0.717, 1.165) is 0 Å². The van der Waals surface area contributed by atoms with E-state index in [1.807, 2.05) is 0 Å². The van der Waals surface area contributed by atoms with Crippen molar-refractivity contribution in [1.29, 1.82) is 0 Å². The van der Waals surface area contributed by atoms with E-state index >= 15 is 0 Å². The lowest BCUT2D eigenvalue weighted by Crippen LogP contribution is -2.39. The largest absolute Gasteiger partial charge is 0.386 e. The molecular weight excluding hydrogens is 309 g/mol. The molecule has 0 saturated carbocycles. The first-order valence-corrected chi connectivity index (χ1v) is 6.96. The van der Waals surface area contributed by atoms with Gasteiger partial charge in [-0.1, -0.05) is 23.7 Å². The Labute approximate surface area is 132 Å². The van der Waals surface area contributed by atoms with E-state index in [1.54, 1.807) is 19.1 Å². The van der Waals surface area contributed by atoms with Gasteiger partial charge in [0.25, 0.3) is 0 Å². The molecule has 0 aliphatic heterocycles. The number of nitrogens with zero attached hydrogens (tertiary/aromatic N) is 1. The minimum atomic E-state index is -0.962. The van der Waals surface area contributed by atoms with Gasteiger partial charge < -0.3 is 15.7 Å². The predicted octanol–water partition coefficient (Wildman–Crippen LogP) is 3.12. The number of rotatable bonds is 4. The maximum atomic E-state index is 12.9. The first-order valence-electron chi connectivity index (χ1n) is 6.59. The zero-order valence-corrected chi connectivity index (χ0v) is 12.5. The Hall–Kier alpha value is -2.18. The van der Waals surface area contributed by atoms with Gasteiger partial charge >= 0.3 is 6.03 Å². The number of hydrogen-bond acceptors (Lipinski definition) is 3. The SMILES string of the molecule is CC(NC(=O)Nc1cccnc1Cl)C(O)c1ccc(F)cc1. The van der Waals surface area contributed by atoms with Crippen molar-refractivity contribution in [2.75, 3.05) is 5.32 Å². The lowest BCUT2D eigenvalue weighted by atomic mass is 10.0. The Morgan fingerprint density at radius 3 is 2.64 bits per heavy atom. The molecule has 3 N–H and O–H groups in total. The second-order valence-corrected chi connectivity index (χ2v) is 5.08. The van der Waals surface area contributed by atoms with Gasteiger partial charge in [-0.05, 0) is 36.8 Å². The highest BCUT2D eigenvalue weighted by atomic mass is 35.5. The van der Waals surface area contributed by atoms with Crippen molar-refractivity contribution >= 4 is 23.3 Å². The molecule has 0 bridgehead atoms. The van der Waals surface area contributed by atoms with Crippen LogP contribution in [-0.4, -0.2) is 22.2 Å². The summed E-state index contributed by atoms with van der Waals surface area (Å²) in [6.45, 7) is 1.64. The summed E-state index contributed by atoms with van der Waals surface area (Å²) < 4.78 is 12.9. The van der Waals surface area contributed by atoms with Gasteiger partial charge in [0.2, 0.25) is 0 Å². The van der Waals surface area contributed by atoms with Gasteiger partial charge in [0.1, 0.15) is 5.82 Å². The smallest absolute Gasteiger partial charge is 0.319 e. The molecule has 1 heterocycles. The third-order valence-electron chi connectivity index (χ3n) is 3.05. The number of pyridine rings is 1. The van der Waals surface area contributed by atoms with Gasteiger partial charge in [-0.25, -0.2) is 14.2 Å². The zero-order chi connectivity index (χ0) is 16.1. The number of aliphatic hydroxyl groups excluding tert-OH is 1. The van der Waals surface area contributed by atoms with Crippen molar-refractivity contribution in [3.63, 3.8) is 0 Å². The summed E-state index contributed by atoms with van der Waals surface area (Å²) in [7, 11) is 0. The van der Waals surface area contributed by atoms with Crippen molar-refractivity contribution in [2.24, 2.45) is 0 Å². The van der Waals surface area contributed by atoms with Crippen LogP contribution >= 0.6 is 11.6 Å². The van der Waals surface area contributed by atoms with Crippen LogP contribution in [0.25, 0.3) is 0 Å². The normalized spacial score (nSPS) is 13.3. The van der Waals surface area contributed by atoms with E-state index < -0.39 is 18.2 Å². The summed E-state index contributed by atoms with van der Waals surface area (Å²) in [4.78, 5) is 15.7. The van der Waals surface area contributed by atoms with Crippen LogP contribution in [0.5, 0.6) is 0 Å². The molecule has 2 rings (SSSR count). The van der Waals surface area contributed by atoms with E-state index in [9.17, 15) is 14.3 Å². The number of hydrogen-bond donors (Lipinski definition) is 3. The van der Waals surface area contributed by atoms with Crippen LogP contribution < -0.4 is 10.6 Å². The molecule has 2 aromatic rings. The maximum absolute atomic E-state index is 12.9. The average molecular weight is 324 g/mol. The van der Waals surface area contributed by atoms with Gasteiger partial charge in [0, 0.05) is 6.20 Å². The minimum absolute atomic E-state index is 0.171. The van der Waals surface area contributed by atoms with Crippen LogP contribution in [0.15, 0.2) is 42.6 Å². The van der Waals surface area contributed by atoms with Crippen molar-refractivity contribution in [3.05, 3.63) is 59.1 Å². The second kappa shape index (κ2) is 7.20. The fraction of sp³-hybridized carbons (Fsp3) is 0.200. The number of carbonyl (C=O) groups is 1. The Morgan fingerprint density at radius 2 is 2.00 bits per heavy atom. The number of amides is 2. The molecule has 5 nitrogen and oxygen atoms in total. The topological polar surface area (TPSA) is 74.2 Å². The van der Waals surface area contributed by atoms with Crippen LogP contribution in [0.4, 0.5) is 14.9 Å². The fourth-order valence-corrected chi connectivity index (χ4v) is 2.04. The number of carbonyl (C=O) groups excluding carboxylic acids is 1. The Kier molecular flexibility index (Phi) is 5.30. The molecule has 7 heteroatoms. The highest BCUT2D eigenvalue weighted by Crippen LogP contribution is 2.19.